The van der Waals surface area contributed by atoms with Gasteiger partial charge in [-0.05, 0) is 0 Å². The van der Waals surface area contributed by atoms with Crippen LogP contribution >= 0.6 is 0 Å². The lowest BCUT2D eigenvalue weighted by molar-refractivity contribution is -0.128. The van der Waals surface area contributed by atoms with Crippen LogP contribution in [0.3, 0.4) is 0 Å². The van der Waals surface area contributed by atoms with Gasteiger partial charge in [0, 0.05) is 43.4 Å². The van der Waals surface area contributed by atoms with Crippen molar-refractivity contribution >= 4 is 16.1 Å². The molecular weight excluding hydrogens is 261 g/mol. The standard InChI is InChI=1S/C10H12FN3O3S/c11-18(16,17)6-8-1-10(15)14(4-8)5-9-2-12-7-13-3-9/h2-3,7-8H,1,4-6H2. The Bertz CT molecular complexity index is 535. The van der Waals surface area contributed by atoms with Crippen LogP contribution in [-0.2, 0) is 21.6 Å². The smallest absolute Gasteiger partial charge is 0.302 e. The number of halogens is 1. The zero-order valence-corrected chi connectivity index (χ0v) is 10.3. The van der Waals surface area contributed by atoms with Gasteiger partial charge in [-0.1, -0.05) is 0 Å². The van der Waals surface area contributed by atoms with Gasteiger partial charge in [-0.3, -0.25) is 4.79 Å². The van der Waals surface area contributed by atoms with Gasteiger partial charge in [0.1, 0.15) is 6.33 Å². The summed E-state index contributed by atoms with van der Waals surface area (Å²) in [6.45, 7) is 0.569. The maximum Gasteiger partial charge on any atom is 0.302 e. The van der Waals surface area contributed by atoms with Crippen molar-refractivity contribution in [1.29, 1.82) is 0 Å². The Hall–Kier alpha value is -1.57. The van der Waals surface area contributed by atoms with Crippen LogP contribution in [0, 0.1) is 5.92 Å². The monoisotopic (exact) mass is 273 g/mol. The second kappa shape index (κ2) is 4.97. The van der Waals surface area contributed by atoms with Crippen LogP contribution in [0.2, 0.25) is 0 Å². The van der Waals surface area contributed by atoms with E-state index < -0.39 is 21.9 Å². The molecule has 2 heterocycles. The number of nitrogens with zero attached hydrogens (tertiary/aromatic N) is 3. The Morgan fingerprint density at radius 3 is 2.67 bits per heavy atom. The van der Waals surface area contributed by atoms with E-state index in [2.05, 4.69) is 9.97 Å². The summed E-state index contributed by atoms with van der Waals surface area (Å²) in [6.07, 6.45) is 4.61. The van der Waals surface area contributed by atoms with Crippen LogP contribution in [0.5, 0.6) is 0 Å². The summed E-state index contributed by atoms with van der Waals surface area (Å²) in [7, 11) is -4.53. The third-order valence-corrected chi connectivity index (χ3v) is 3.59. The highest BCUT2D eigenvalue weighted by Gasteiger charge is 2.32. The SMILES string of the molecule is O=C1CC(CS(=O)(=O)F)CN1Cc1cncnc1. The van der Waals surface area contributed by atoms with E-state index in [1.165, 1.54) is 11.2 Å². The molecule has 1 aliphatic rings. The maximum absolute atomic E-state index is 12.5. The van der Waals surface area contributed by atoms with Crippen molar-refractivity contribution in [2.24, 2.45) is 5.92 Å². The second-order valence-electron chi connectivity index (χ2n) is 4.30. The van der Waals surface area contributed by atoms with Crippen molar-refractivity contribution in [2.75, 3.05) is 12.3 Å². The molecular formula is C10H12FN3O3S. The average Bonchev–Trinajstić information content (AvgIpc) is 2.58. The molecule has 6 nitrogen and oxygen atoms in total. The largest absolute Gasteiger partial charge is 0.338 e. The average molecular weight is 273 g/mol. The highest BCUT2D eigenvalue weighted by atomic mass is 32.3. The molecule has 1 aliphatic heterocycles. The van der Waals surface area contributed by atoms with Crippen LogP contribution in [0.25, 0.3) is 0 Å². The molecule has 1 saturated heterocycles. The van der Waals surface area contributed by atoms with E-state index in [-0.39, 0.29) is 18.9 Å². The van der Waals surface area contributed by atoms with Crippen LogP contribution < -0.4 is 0 Å². The molecule has 1 aromatic heterocycles. The summed E-state index contributed by atoms with van der Waals surface area (Å²) >= 11 is 0. The fourth-order valence-corrected chi connectivity index (χ4v) is 2.82. The Labute approximate surface area is 104 Å². The van der Waals surface area contributed by atoms with E-state index in [4.69, 9.17) is 0 Å². The van der Waals surface area contributed by atoms with E-state index in [0.29, 0.717) is 6.54 Å². The molecule has 0 aliphatic carbocycles. The first-order valence-corrected chi connectivity index (χ1v) is 6.93. The molecule has 1 fully saturated rings. The van der Waals surface area contributed by atoms with Crippen LogP contribution in [0.15, 0.2) is 18.7 Å². The summed E-state index contributed by atoms with van der Waals surface area (Å²) in [5.74, 6) is -1.25. The van der Waals surface area contributed by atoms with E-state index in [1.54, 1.807) is 12.4 Å². The summed E-state index contributed by atoms with van der Waals surface area (Å²) < 4.78 is 33.6. The Balaban J connectivity index is 1.98. The molecule has 18 heavy (non-hydrogen) atoms. The summed E-state index contributed by atoms with van der Waals surface area (Å²) in [5, 5.41) is 0. The molecule has 0 saturated carbocycles. The summed E-state index contributed by atoms with van der Waals surface area (Å²) in [4.78, 5) is 20.8. The first-order valence-electron chi connectivity index (χ1n) is 5.38. The van der Waals surface area contributed by atoms with Gasteiger partial charge >= 0.3 is 10.2 Å². The number of carbonyl (C=O) groups excluding carboxylic acids is 1. The van der Waals surface area contributed by atoms with Crippen molar-refractivity contribution in [2.45, 2.75) is 13.0 Å². The Morgan fingerprint density at radius 1 is 1.39 bits per heavy atom. The number of rotatable bonds is 4. The number of aromatic nitrogens is 2. The number of hydrogen-bond donors (Lipinski definition) is 0. The lowest BCUT2D eigenvalue weighted by Crippen LogP contribution is -2.25. The molecule has 0 N–H and O–H groups in total. The highest BCUT2D eigenvalue weighted by Crippen LogP contribution is 2.21. The molecule has 1 unspecified atom stereocenters. The molecule has 0 spiro atoms. The Morgan fingerprint density at radius 2 is 2.06 bits per heavy atom. The van der Waals surface area contributed by atoms with E-state index in [9.17, 15) is 17.1 Å². The third kappa shape index (κ3) is 3.46. The highest BCUT2D eigenvalue weighted by molar-refractivity contribution is 7.86. The van der Waals surface area contributed by atoms with Crippen LogP contribution in [0.1, 0.15) is 12.0 Å². The van der Waals surface area contributed by atoms with Crippen LogP contribution in [-0.4, -0.2) is 41.5 Å². The number of amides is 1. The van der Waals surface area contributed by atoms with Gasteiger partial charge < -0.3 is 4.90 Å². The molecule has 8 heteroatoms. The molecule has 2 rings (SSSR count). The van der Waals surface area contributed by atoms with Crippen molar-refractivity contribution < 1.29 is 17.1 Å². The van der Waals surface area contributed by atoms with Gasteiger partial charge in [0.2, 0.25) is 5.91 Å². The minimum atomic E-state index is -4.53. The van der Waals surface area contributed by atoms with Gasteiger partial charge in [0.25, 0.3) is 0 Å². The predicted molar refractivity (Wildman–Crippen MR) is 60.5 cm³/mol. The van der Waals surface area contributed by atoms with Gasteiger partial charge in [-0.25, -0.2) is 9.97 Å². The molecule has 1 aromatic rings. The molecule has 1 amide bonds. The lowest BCUT2D eigenvalue weighted by Gasteiger charge is -2.15. The van der Waals surface area contributed by atoms with Crippen molar-refractivity contribution in [3.05, 3.63) is 24.3 Å². The Kier molecular flexibility index (Phi) is 3.55. The first kappa shape index (κ1) is 12.9. The second-order valence-corrected chi connectivity index (χ2v) is 5.71. The molecule has 1 atom stereocenters. The normalized spacial score (nSPS) is 20.4. The van der Waals surface area contributed by atoms with Crippen LogP contribution in [0.4, 0.5) is 3.89 Å². The van der Waals surface area contributed by atoms with E-state index in [0.717, 1.165) is 5.56 Å². The van der Waals surface area contributed by atoms with E-state index >= 15 is 0 Å². The minimum absolute atomic E-state index is 0.0663. The fourth-order valence-electron chi connectivity index (χ4n) is 2.03. The van der Waals surface area contributed by atoms with E-state index in [1.807, 2.05) is 0 Å². The maximum atomic E-state index is 12.5. The lowest BCUT2D eigenvalue weighted by atomic mass is 10.1. The predicted octanol–water partition coefficient (Wildman–Crippen LogP) is 0.124. The van der Waals surface area contributed by atoms with Crippen molar-refractivity contribution in [3.8, 4) is 0 Å². The molecule has 0 radical (unpaired) electrons. The summed E-state index contributed by atoms with van der Waals surface area (Å²) in [5.41, 5.74) is 0.759. The van der Waals surface area contributed by atoms with Gasteiger partial charge in [0.05, 0.1) is 5.75 Å². The minimum Gasteiger partial charge on any atom is -0.338 e. The fraction of sp³-hybridized carbons (Fsp3) is 0.500. The first-order chi connectivity index (χ1) is 8.44. The van der Waals surface area contributed by atoms with Crippen molar-refractivity contribution in [3.63, 3.8) is 0 Å². The van der Waals surface area contributed by atoms with Gasteiger partial charge in [0.15, 0.2) is 0 Å². The number of carbonyl (C=O) groups is 1. The number of likely N-dealkylation sites (tertiary alicyclic amines) is 1. The number of hydrogen-bond acceptors (Lipinski definition) is 5. The zero-order valence-electron chi connectivity index (χ0n) is 9.49. The van der Waals surface area contributed by atoms with Gasteiger partial charge in [-0.15, -0.1) is 3.89 Å². The molecule has 98 valence electrons. The molecule has 0 aromatic carbocycles. The topological polar surface area (TPSA) is 80.2 Å². The zero-order chi connectivity index (χ0) is 13.2. The van der Waals surface area contributed by atoms with Gasteiger partial charge in [-0.2, -0.15) is 8.42 Å². The molecule has 0 bridgehead atoms. The quantitative estimate of drug-likeness (QED) is 0.728. The third-order valence-electron chi connectivity index (χ3n) is 2.72. The van der Waals surface area contributed by atoms with Crippen molar-refractivity contribution in [1.82, 2.24) is 14.9 Å². The summed E-state index contributed by atoms with van der Waals surface area (Å²) in [6, 6.07) is 0.